The van der Waals surface area contributed by atoms with E-state index in [0.717, 1.165) is 43.6 Å². The van der Waals surface area contributed by atoms with Crippen molar-refractivity contribution in [3.63, 3.8) is 0 Å². The Morgan fingerprint density at radius 2 is 1.67 bits per heavy atom. The van der Waals surface area contributed by atoms with E-state index in [4.69, 9.17) is 0 Å². The van der Waals surface area contributed by atoms with E-state index in [1.807, 2.05) is 24.3 Å². The average molecular weight is 244 g/mol. The third-order valence-corrected chi connectivity index (χ3v) is 3.71. The van der Waals surface area contributed by atoms with E-state index in [-0.39, 0.29) is 11.8 Å². The summed E-state index contributed by atoms with van der Waals surface area (Å²) in [6, 6.07) is 7.81. The molecule has 2 heterocycles. The molecule has 0 N–H and O–H groups in total. The molecule has 0 bridgehead atoms. The Hall–Kier alpha value is -1.84. The van der Waals surface area contributed by atoms with Gasteiger partial charge in [-0.1, -0.05) is 18.2 Å². The molecular weight excluding hydrogens is 228 g/mol. The predicted octanol–water partition coefficient (Wildman–Crippen LogP) is 1.20. The van der Waals surface area contributed by atoms with Crippen LogP contribution in [0, 0.1) is 0 Å². The average Bonchev–Trinajstić information content (AvgIpc) is 3.06. The second-order valence-corrected chi connectivity index (χ2v) is 4.83. The highest BCUT2D eigenvalue weighted by molar-refractivity contribution is 6.40. The molecule has 2 aliphatic heterocycles. The van der Waals surface area contributed by atoms with Crippen LogP contribution in [0.1, 0.15) is 18.4 Å². The van der Waals surface area contributed by atoms with Gasteiger partial charge in [-0.15, -0.1) is 0 Å². The van der Waals surface area contributed by atoms with Crippen molar-refractivity contribution < 1.29 is 9.59 Å². The van der Waals surface area contributed by atoms with Crippen molar-refractivity contribution in [2.24, 2.45) is 0 Å². The van der Waals surface area contributed by atoms with Crippen molar-refractivity contribution in [3.05, 3.63) is 29.8 Å². The number of carbonyl (C=O) groups is 2. The number of hydrogen-bond donors (Lipinski definition) is 0. The lowest BCUT2D eigenvalue weighted by atomic mass is 10.2. The minimum Gasteiger partial charge on any atom is -0.334 e. The summed E-state index contributed by atoms with van der Waals surface area (Å²) in [5, 5.41) is 0. The Morgan fingerprint density at radius 1 is 0.944 bits per heavy atom. The van der Waals surface area contributed by atoms with Crippen LogP contribution in [0.4, 0.5) is 5.69 Å². The van der Waals surface area contributed by atoms with Crippen molar-refractivity contribution >= 4 is 17.5 Å². The number of rotatable bonds is 0. The van der Waals surface area contributed by atoms with Gasteiger partial charge < -0.3 is 9.80 Å². The predicted molar refractivity (Wildman–Crippen MR) is 68.3 cm³/mol. The van der Waals surface area contributed by atoms with Gasteiger partial charge in [-0.05, 0) is 30.9 Å². The Labute approximate surface area is 106 Å². The summed E-state index contributed by atoms with van der Waals surface area (Å²) in [7, 11) is 0. The first-order valence-electron chi connectivity index (χ1n) is 6.46. The van der Waals surface area contributed by atoms with Crippen LogP contribution in [0.3, 0.4) is 0 Å². The molecule has 0 unspecified atom stereocenters. The Morgan fingerprint density at radius 3 is 2.44 bits per heavy atom. The van der Waals surface area contributed by atoms with Crippen LogP contribution in [0.5, 0.6) is 0 Å². The molecule has 0 radical (unpaired) electrons. The molecule has 1 fully saturated rings. The maximum Gasteiger partial charge on any atom is 0.316 e. The van der Waals surface area contributed by atoms with E-state index >= 15 is 0 Å². The topological polar surface area (TPSA) is 40.6 Å². The van der Waals surface area contributed by atoms with Crippen molar-refractivity contribution in [3.8, 4) is 0 Å². The number of nitrogens with zero attached hydrogens (tertiary/aromatic N) is 2. The van der Waals surface area contributed by atoms with Crippen LogP contribution in [-0.4, -0.2) is 36.3 Å². The fourth-order valence-corrected chi connectivity index (χ4v) is 2.72. The molecule has 3 rings (SSSR count). The summed E-state index contributed by atoms with van der Waals surface area (Å²) in [5.41, 5.74) is 2.05. The first kappa shape index (κ1) is 11.3. The number of carbonyl (C=O) groups excluding carboxylic acids is 2. The smallest absolute Gasteiger partial charge is 0.316 e. The van der Waals surface area contributed by atoms with E-state index < -0.39 is 0 Å². The van der Waals surface area contributed by atoms with Gasteiger partial charge in [0.1, 0.15) is 0 Å². The zero-order valence-corrected chi connectivity index (χ0v) is 10.3. The molecule has 0 aromatic heterocycles. The van der Waals surface area contributed by atoms with Crippen LogP contribution >= 0.6 is 0 Å². The van der Waals surface area contributed by atoms with E-state index in [1.165, 1.54) is 0 Å². The monoisotopic (exact) mass is 244 g/mol. The summed E-state index contributed by atoms with van der Waals surface area (Å²) >= 11 is 0. The van der Waals surface area contributed by atoms with Gasteiger partial charge in [-0.25, -0.2) is 0 Å². The second kappa shape index (κ2) is 4.44. The highest BCUT2D eigenvalue weighted by Gasteiger charge is 2.32. The van der Waals surface area contributed by atoms with Crippen molar-refractivity contribution in [1.29, 1.82) is 0 Å². The van der Waals surface area contributed by atoms with Gasteiger partial charge in [0.15, 0.2) is 0 Å². The molecule has 4 heteroatoms. The SMILES string of the molecule is O=C(C(=O)N1CCc2ccccc21)N1CCCC1. The Bertz CT molecular complexity index is 492. The van der Waals surface area contributed by atoms with Gasteiger partial charge in [0.2, 0.25) is 0 Å². The van der Waals surface area contributed by atoms with Gasteiger partial charge in [-0.2, -0.15) is 0 Å². The van der Waals surface area contributed by atoms with Crippen LogP contribution < -0.4 is 4.90 Å². The Kier molecular flexibility index (Phi) is 2.78. The van der Waals surface area contributed by atoms with Crippen LogP contribution in [0.2, 0.25) is 0 Å². The third-order valence-electron chi connectivity index (χ3n) is 3.71. The zero-order chi connectivity index (χ0) is 12.5. The minimum absolute atomic E-state index is 0.343. The fourth-order valence-electron chi connectivity index (χ4n) is 2.72. The van der Waals surface area contributed by atoms with Crippen molar-refractivity contribution in [2.75, 3.05) is 24.5 Å². The van der Waals surface area contributed by atoms with Gasteiger partial charge in [0.05, 0.1) is 0 Å². The minimum atomic E-state index is -0.373. The largest absolute Gasteiger partial charge is 0.334 e. The van der Waals surface area contributed by atoms with E-state index in [0.29, 0.717) is 6.54 Å². The van der Waals surface area contributed by atoms with E-state index in [1.54, 1.807) is 9.80 Å². The summed E-state index contributed by atoms with van der Waals surface area (Å²) in [5.74, 6) is -0.717. The molecular formula is C14H16N2O2. The van der Waals surface area contributed by atoms with E-state index in [2.05, 4.69) is 0 Å². The summed E-state index contributed by atoms with van der Waals surface area (Å²) in [4.78, 5) is 27.6. The van der Waals surface area contributed by atoms with Gasteiger partial charge >= 0.3 is 11.8 Å². The molecule has 0 saturated carbocycles. The van der Waals surface area contributed by atoms with Crippen LogP contribution in [-0.2, 0) is 16.0 Å². The molecule has 2 aliphatic rings. The van der Waals surface area contributed by atoms with E-state index in [9.17, 15) is 9.59 Å². The molecule has 1 aromatic carbocycles. The maximum absolute atomic E-state index is 12.2. The lowest BCUT2D eigenvalue weighted by Crippen LogP contribution is -2.43. The lowest BCUT2D eigenvalue weighted by molar-refractivity contribution is -0.143. The molecule has 4 nitrogen and oxygen atoms in total. The van der Waals surface area contributed by atoms with Crippen molar-refractivity contribution in [1.82, 2.24) is 4.90 Å². The molecule has 0 atom stereocenters. The van der Waals surface area contributed by atoms with Gasteiger partial charge in [-0.3, -0.25) is 9.59 Å². The number of likely N-dealkylation sites (tertiary alicyclic amines) is 1. The highest BCUT2D eigenvalue weighted by atomic mass is 16.2. The number of fused-ring (bicyclic) bond motifs is 1. The molecule has 1 aromatic rings. The number of benzene rings is 1. The second-order valence-electron chi connectivity index (χ2n) is 4.83. The quantitative estimate of drug-likeness (QED) is 0.643. The fraction of sp³-hybridized carbons (Fsp3) is 0.429. The summed E-state index contributed by atoms with van der Waals surface area (Å²) < 4.78 is 0. The summed E-state index contributed by atoms with van der Waals surface area (Å²) in [6.45, 7) is 2.07. The zero-order valence-electron chi connectivity index (χ0n) is 10.3. The first-order chi connectivity index (χ1) is 8.77. The number of amides is 2. The molecule has 0 spiro atoms. The van der Waals surface area contributed by atoms with Crippen LogP contribution in [0.15, 0.2) is 24.3 Å². The number of para-hydroxylation sites is 1. The highest BCUT2D eigenvalue weighted by Crippen LogP contribution is 2.27. The molecule has 1 saturated heterocycles. The van der Waals surface area contributed by atoms with Crippen LogP contribution in [0.25, 0.3) is 0 Å². The number of hydrogen-bond acceptors (Lipinski definition) is 2. The maximum atomic E-state index is 12.2. The normalized spacial score (nSPS) is 18.0. The molecule has 18 heavy (non-hydrogen) atoms. The first-order valence-corrected chi connectivity index (χ1v) is 6.46. The molecule has 94 valence electrons. The summed E-state index contributed by atoms with van der Waals surface area (Å²) in [6.07, 6.45) is 2.86. The van der Waals surface area contributed by atoms with Gasteiger partial charge in [0.25, 0.3) is 0 Å². The Balaban J connectivity index is 1.80. The van der Waals surface area contributed by atoms with Crippen molar-refractivity contribution in [2.45, 2.75) is 19.3 Å². The number of anilines is 1. The lowest BCUT2D eigenvalue weighted by Gasteiger charge is -2.20. The third kappa shape index (κ3) is 1.78. The standard InChI is InChI=1S/C14H16N2O2/c17-13(15-8-3-4-9-15)14(18)16-10-7-11-5-1-2-6-12(11)16/h1-2,5-6H,3-4,7-10H2. The molecule has 2 amide bonds. The van der Waals surface area contributed by atoms with Gasteiger partial charge in [0, 0.05) is 25.3 Å². The molecule has 0 aliphatic carbocycles.